The largest absolute Gasteiger partial charge is 0.454 e. The monoisotopic (exact) mass is 407 g/mol. The van der Waals surface area contributed by atoms with Gasteiger partial charge in [0.15, 0.2) is 16.6 Å². The molecule has 2 aromatic carbocycles. The van der Waals surface area contributed by atoms with Crippen LogP contribution in [-0.2, 0) is 4.79 Å². The van der Waals surface area contributed by atoms with Crippen LogP contribution in [0.15, 0.2) is 47.8 Å². The summed E-state index contributed by atoms with van der Waals surface area (Å²) in [6, 6.07) is 12.7. The van der Waals surface area contributed by atoms with Gasteiger partial charge in [-0.25, -0.2) is 4.98 Å². The van der Waals surface area contributed by atoms with Gasteiger partial charge in [0.05, 0.1) is 5.69 Å². The molecule has 0 bridgehead atoms. The molecule has 5 rings (SSSR count). The first-order valence-electron chi connectivity index (χ1n) is 9.25. The van der Waals surface area contributed by atoms with Crippen LogP contribution in [0.4, 0.5) is 10.8 Å². The molecule has 1 N–H and O–H groups in total. The number of fused-ring (bicyclic) bond motifs is 1. The number of anilines is 2. The standard InChI is InChI=1S/C21H17N3O4S/c25-19-2-1-9-24(19)15-6-3-13(4-7-15)20(26)23-21-22-16(11-29-21)14-5-8-17-18(10-14)28-12-27-17/h3-8,10-11H,1-2,9,12H2,(H,22,23,26). The summed E-state index contributed by atoms with van der Waals surface area (Å²) in [6.45, 7) is 0.952. The van der Waals surface area contributed by atoms with Gasteiger partial charge < -0.3 is 14.4 Å². The van der Waals surface area contributed by atoms with Crippen LogP contribution in [0.3, 0.4) is 0 Å². The van der Waals surface area contributed by atoms with E-state index in [1.807, 2.05) is 23.6 Å². The Morgan fingerprint density at radius 2 is 1.93 bits per heavy atom. The van der Waals surface area contributed by atoms with Gasteiger partial charge in [-0.2, -0.15) is 0 Å². The maximum Gasteiger partial charge on any atom is 0.257 e. The Kier molecular flexibility index (Phi) is 4.40. The van der Waals surface area contributed by atoms with Crippen LogP contribution < -0.4 is 19.7 Å². The number of ether oxygens (including phenoxy) is 2. The van der Waals surface area contributed by atoms with Gasteiger partial charge in [0.2, 0.25) is 12.7 Å². The summed E-state index contributed by atoms with van der Waals surface area (Å²) in [5.41, 5.74) is 2.99. The molecule has 2 aliphatic heterocycles. The number of rotatable bonds is 4. The fourth-order valence-electron chi connectivity index (χ4n) is 3.40. The lowest BCUT2D eigenvalue weighted by molar-refractivity contribution is -0.117. The van der Waals surface area contributed by atoms with E-state index in [4.69, 9.17) is 9.47 Å². The number of hydrogen-bond acceptors (Lipinski definition) is 6. The third-order valence-corrected chi connectivity index (χ3v) is 5.67. The van der Waals surface area contributed by atoms with E-state index in [-0.39, 0.29) is 18.6 Å². The second kappa shape index (κ2) is 7.21. The molecule has 2 amide bonds. The minimum absolute atomic E-state index is 0.126. The third kappa shape index (κ3) is 3.42. The van der Waals surface area contributed by atoms with E-state index in [0.717, 1.165) is 35.7 Å². The SMILES string of the molecule is O=C(Nc1nc(-c2ccc3c(c2)OCO3)cs1)c1ccc(N2CCCC2=O)cc1. The molecule has 0 aliphatic carbocycles. The summed E-state index contributed by atoms with van der Waals surface area (Å²) in [5.74, 6) is 1.30. The van der Waals surface area contributed by atoms with Crippen LogP contribution in [0.25, 0.3) is 11.3 Å². The maximum atomic E-state index is 12.5. The zero-order valence-corrected chi connectivity index (χ0v) is 16.2. The molecule has 29 heavy (non-hydrogen) atoms. The van der Waals surface area contributed by atoms with Crippen LogP contribution >= 0.6 is 11.3 Å². The number of amides is 2. The number of thiazole rings is 1. The van der Waals surface area contributed by atoms with Gasteiger partial charge in [-0.05, 0) is 48.9 Å². The summed E-state index contributed by atoms with van der Waals surface area (Å²) in [4.78, 5) is 30.6. The van der Waals surface area contributed by atoms with E-state index in [2.05, 4.69) is 10.3 Å². The van der Waals surface area contributed by atoms with Crippen molar-refractivity contribution in [3.05, 3.63) is 53.4 Å². The predicted molar refractivity (Wildman–Crippen MR) is 110 cm³/mol. The molecule has 3 heterocycles. The molecule has 1 aromatic heterocycles. The van der Waals surface area contributed by atoms with Gasteiger partial charge in [0.1, 0.15) is 0 Å². The first-order chi connectivity index (χ1) is 14.2. The molecule has 1 fully saturated rings. The molecular formula is C21H17N3O4S. The Hall–Kier alpha value is -3.39. The third-order valence-electron chi connectivity index (χ3n) is 4.91. The van der Waals surface area contributed by atoms with E-state index in [0.29, 0.717) is 22.9 Å². The van der Waals surface area contributed by atoms with Crippen molar-refractivity contribution in [3.63, 3.8) is 0 Å². The zero-order chi connectivity index (χ0) is 19.8. The molecule has 0 spiro atoms. The quantitative estimate of drug-likeness (QED) is 0.709. The lowest BCUT2D eigenvalue weighted by atomic mass is 10.1. The highest BCUT2D eigenvalue weighted by atomic mass is 32.1. The van der Waals surface area contributed by atoms with Crippen molar-refractivity contribution < 1.29 is 19.1 Å². The molecule has 146 valence electrons. The second-order valence-corrected chi connectivity index (χ2v) is 7.61. The number of carbonyl (C=O) groups excluding carboxylic acids is 2. The molecule has 8 heteroatoms. The van der Waals surface area contributed by atoms with Gasteiger partial charge in [0, 0.05) is 35.2 Å². The van der Waals surface area contributed by atoms with Crippen molar-refractivity contribution >= 4 is 34.0 Å². The fraction of sp³-hybridized carbons (Fsp3) is 0.190. The highest BCUT2D eigenvalue weighted by Crippen LogP contribution is 2.36. The normalized spacial score (nSPS) is 15.0. The molecule has 0 radical (unpaired) electrons. The lowest BCUT2D eigenvalue weighted by Crippen LogP contribution is -2.23. The number of carbonyl (C=O) groups is 2. The van der Waals surface area contributed by atoms with E-state index in [9.17, 15) is 9.59 Å². The number of nitrogens with zero attached hydrogens (tertiary/aromatic N) is 2. The Bertz CT molecular complexity index is 1090. The number of aromatic nitrogens is 1. The van der Waals surface area contributed by atoms with Crippen LogP contribution in [0.2, 0.25) is 0 Å². The molecule has 0 atom stereocenters. The minimum atomic E-state index is -0.240. The van der Waals surface area contributed by atoms with Crippen molar-refractivity contribution in [2.75, 3.05) is 23.6 Å². The predicted octanol–water partition coefficient (Wildman–Crippen LogP) is 3.92. The smallest absolute Gasteiger partial charge is 0.257 e. The van der Waals surface area contributed by atoms with Crippen molar-refractivity contribution in [3.8, 4) is 22.8 Å². The maximum absolute atomic E-state index is 12.5. The molecular weight excluding hydrogens is 390 g/mol. The lowest BCUT2D eigenvalue weighted by Gasteiger charge is -2.15. The van der Waals surface area contributed by atoms with Crippen molar-refractivity contribution in [1.82, 2.24) is 4.98 Å². The Balaban J connectivity index is 1.28. The summed E-state index contributed by atoms with van der Waals surface area (Å²) in [7, 11) is 0. The van der Waals surface area contributed by atoms with E-state index in [1.165, 1.54) is 11.3 Å². The van der Waals surface area contributed by atoms with Gasteiger partial charge in [-0.15, -0.1) is 11.3 Å². The van der Waals surface area contributed by atoms with Crippen molar-refractivity contribution in [2.45, 2.75) is 12.8 Å². The molecule has 7 nitrogen and oxygen atoms in total. The Labute approximate surface area is 170 Å². The van der Waals surface area contributed by atoms with Gasteiger partial charge >= 0.3 is 0 Å². The first-order valence-corrected chi connectivity index (χ1v) is 10.1. The topological polar surface area (TPSA) is 80.8 Å². The highest BCUT2D eigenvalue weighted by Gasteiger charge is 2.22. The number of hydrogen-bond donors (Lipinski definition) is 1. The molecule has 0 unspecified atom stereocenters. The van der Waals surface area contributed by atoms with Gasteiger partial charge in [-0.3, -0.25) is 14.9 Å². The molecule has 0 saturated carbocycles. The average Bonchev–Trinajstić information content (AvgIpc) is 3.48. The number of benzene rings is 2. The summed E-state index contributed by atoms with van der Waals surface area (Å²) >= 11 is 1.36. The first kappa shape index (κ1) is 17.7. The summed E-state index contributed by atoms with van der Waals surface area (Å²) in [5, 5.41) is 5.23. The second-order valence-electron chi connectivity index (χ2n) is 6.76. The van der Waals surface area contributed by atoms with Crippen LogP contribution in [-0.4, -0.2) is 30.1 Å². The van der Waals surface area contributed by atoms with Crippen LogP contribution in [0, 0.1) is 0 Å². The van der Waals surface area contributed by atoms with Crippen molar-refractivity contribution in [1.29, 1.82) is 0 Å². The zero-order valence-electron chi connectivity index (χ0n) is 15.4. The molecule has 2 aliphatic rings. The van der Waals surface area contributed by atoms with E-state index < -0.39 is 0 Å². The van der Waals surface area contributed by atoms with Crippen LogP contribution in [0.5, 0.6) is 11.5 Å². The molecule has 3 aromatic rings. The average molecular weight is 407 g/mol. The number of nitrogens with one attached hydrogen (secondary N) is 1. The minimum Gasteiger partial charge on any atom is -0.454 e. The molecule has 1 saturated heterocycles. The highest BCUT2D eigenvalue weighted by molar-refractivity contribution is 7.14. The van der Waals surface area contributed by atoms with Crippen LogP contribution in [0.1, 0.15) is 23.2 Å². The van der Waals surface area contributed by atoms with Crippen molar-refractivity contribution in [2.24, 2.45) is 0 Å². The van der Waals surface area contributed by atoms with E-state index >= 15 is 0 Å². The fourth-order valence-corrected chi connectivity index (χ4v) is 4.12. The van der Waals surface area contributed by atoms with Gasteiger partial charge in [0.25, 0.3) is 5.91 Å². The summed E-state index contributed by atoms with van der Waals surface area (Å²) < 4.78 is 10.7. The Morgan fingerprint density at radius 3 is 2.72 bits per heavy atom. The Morgan fingerprint density at radius 1 is 1.10 bits per heavy atom. The van der Waals surface area contributed by atoms with Gasteiger partial charge in [-0.1, -0.05) is 0 Å². The van der Waals surface area contributed by atoms with E-state index in [1.54, 1.807) is 29.2 Å². The summed E-state index contributed by atoms with van der Waals surface area (Å²) in [6.07, 6.45) is 1.45.